The van der Waals surface area contributed by atoms with E-state index in [9.17, 15) is 15.0 Å². The lowest BCUT2D eigenvalue weighted by Gasteiger charge is -2.42. The smallest absolute Gasteiger partial charge is 0.251 e. The number of nitrogens with zero attached hydrogens (tertiary/aromatic N) is 2. The lowest BCUT2D eigenvalue weighted by molar-refractivity contribution is 0.0903. The first-order valence-electron chi connectivity index (χ1n) is 12.6. The SMILES string of the molecule is CC(C)[C@@H](CN1CCN(c2cccc(O)c2)[C@@H](C)C1)NC(=O)c1ccc(Oc2ccccc2O)c(Cl)c1.Cl.Cl. The van der Waals surface area contributed by atoms with Gasteiger partial charge in [-0.05, 0) is 55.3 Å². The van der Waals surface area contributed by atoms with Crippen molar-refractivity contribution >= 4 is 48.0 Å². The molecule has 0 saturated carbocycles. The lowest BCUT2D eigenvalue weighted by Crippen LogP contribution is -2.56. The van der Waals surface area contributed by atoms with Gasteiger partial charge >= 0.3 is 0 Å². The van der Waals surface area contributed by atoms with Gasteiger partial charge in [-0.25, -0.2) is 0 Å². The van der Waals surface area contributed by atoms with Crippen LogP contribution in [0, 0.1) is 5.92 Å². The summed E-state index contributed by atoms with van der Waals surface area (Å²) in [5.74, 6) is 0.979. The Morgan fingerprint density at radius 1 is 1.03 bits per heavy atom. The summed E-state index contributed by atoms with van der Waals surface area (Å²) in [5, 5.41) is 23.3. The minimum absolute atomic E-state index is 0. The highest BCUT2D eigenvalue weighted by atomic mass is 35.5. The fourth-order valence-corrected chi connectivity index (χ4v) is 4.81. The molecule has 0 radical (unpaired) electrons. The second kappa shape index (κ2) is 14.5. The highest BCUT2D eigenvalue weighted by molar-refractivity contribution is 6.32. The summed E-state index contributed by atoms with van der Waals surface area (Å²) in [6, 6.07) is 19.1. The molecule has 1 aliphatic rings. The summed E-state index contributed by atoms with van der Waals surface area (Å²) >= 11 is 6.41. The van der Waals surface area contributed by atoms with E-state index in [1.54, 1.807) is 48.5 Å². The van der Waals surface area contributed by atoms with Gasteiger partial charge in [0.15, 0.2) is 11.5 Å². The summed E-state index contributed by atoms with van der Waals surface area (Å²) < 4.78 is 5.71. The number of benzene rings is 3. The molecule has 3 aromatic rings. The Balaban J connectivity index is 0.00000267. The number of carbonyl (C=O) groups is 1. The van der Waals surface area contributed by atoms with Crippen molar-refractivity contribution < 1.29 is 19.7 Å². The molecule has 1 aliphatic heterocycles. The van der Waals surface area contributed by atoms with E-state index in [0.29, 0.717) is 17.1 Å². The number of ether oxygens (including phenoxy) is 1. The number of aromatic hydroxyl groups is 2. The number of rotatable bonds is 8. The van der Waals surface area contributed by atoms with Crippen LogP contribution in [-0.2, 0) is 0 Å². The second-order valence-electron chi connectivity index (χ2n) is 9.86. The van der Waals surface area contributed by atoms with Gasteiger partial charge in [-0.3, -0.25) is 9.69 Å². The number of carbonyl (C=O) groups excluding carboxylic acids is 1. The zero-order valence-electron chi connectivity index (χ0n) is 22.2. The van der Waals surface area contributed by atoms with Crippen LogP contribution in [0.5, 0.6) is 23.0 Å². The van der Waals surface area contributed by atoms with Gasteiger partial charge in [0, 0.05) is 55.6 Å². The van der Waals surface area contributed by atoms with Crippen molar-refractivity contribution in [2.24, 2.45) is 5.92 Å². The van der Waals surface area contributed by atoms with E-state index in [1.807, 2.05) is 12.1 Å². The molecule has 0 aliphatic carbocycles. The van der Waals surface area contributed by atoms with Gasteiger partial charge in [0.25, 0.3) is 5.91 Å². The van der Waals surface area contributed by atoms with Gasteiger partial charge in [0.2, 0.25) is 0 Å². The third kappa shape index (κ3) is 8.32. The van der Waals surface area contributed by atoms with Crippen LogP contribution in [0.4, 0.5) is 5.69 Å². The van der Waals surface area contributed by atoms with Crippen molar-refractivity contribution in [1.29, 1.82) is 0 Å². The van der Waals surface area contributed by atoms with E-state index in [1.165, 1.54) is 6.07 Å². The Hall–Kier alpha value is -2.84. The molecule has 7 nitrogen and oxygen atoms in total. The number of anilines is 1. The normalized spacial score (nSPS) is 16.1. The van der Waals surface area contributed by atoms with E-state index >= 15 is 0 Å². The van der Waals surface area contributed by atoms with Gasteiger partial charge in [-0.15, -0.1) is 24.8 Å². The molecule has 0 aromatic heterocycles. The van der Waals surface area contributed by atoms with Gasteiger partial charge in [0.1, 0.15) is 11.5 Å². The number of amides is 1. The average Bonchev–Trinajstić information content (AvgIpc) is 2.86. The first kappa shape index (κ1) is 32.4. The Morgan fingerprint density at radius 3 is 2.41 bits per heavy atom. The quantitative estimate of drug-likeness (QED) is 0.281. The van der Waals surface area contributed by atoms with E-state index in [-0.39, 0.29) is 65.2 Å². The molecule has 4 rings (SSSR count). The summed E-state index contributed by atoms with van der Waals surface area (Å²) in [6.45, 7) is 9.70. The molecule has 3 aromatic carbocycles. The summed E-state index contributed by atoms with van der Waals surface area (Å²) in [5.41, 5.74) is 1.47. The first-order chi connectivity index (χ1) is 17.7. The van der Waals surface area contributed by atoms with Crippen molar-refractivity contribution in [3.8, 4) is 23.0 Å². The van der Waals surface area contributed by atoms with E-state index in [4.69, 9.17) is 16.3 Å². The van der Waals surface area contributed by atoms with Crippen LogP contribution < -0.4 is 15.0 Å². The van der Waals surface area contributed by atoms with E-state index in [2.05, 4.69) is 35.9 Å². The molecular weight excluding hydrogens is 561 g/mol. The number of phenols is 2. The monoisotopic (exact) mass is 595 g/mol. The number of hydrogen-bond donors (Lipinski definition) is 3. The van der Waals surface area contributed by atoms with E-state index < -0.39 is 0 Å². The highest BCUT2D eigenvalue weighted by Crippen LogP contribution is 2.34. The number of hydrogen-bond acceptors (Lipinski definition) is 6. The highest BCUT2D eigenvalue weighted by Gasteiger charge is 2.27. The molecule has 212 valence electrons. The molecule has 10 heteroatoms. The molecule has 1 heterocycles. The molecule has 1 amide bonds. The Kier molecular flexibility index (Phi) is 12.1. The van der Waals surface area contributed by atoms with Crippen molar-refractivity contribution in [3.05, 3.63) is 77.3 Å². The number of para-hydroxylation sites is 2. The van der Waals surface area contributed by atoms with Crippen LogP contribution in [0.1, 0.15) is 31.1 Å². The maximum Gasteiger partial charge on any atom is 0.251 e. The summed E-state index contributed by atoms with van der Waals surface area (Å²) in [7, 11) is 0. The number of piperazine rings is 1. The van der Waals surface area contributed by atoms with Gasteiger partial charge in [0.05, 0.1) is 5.02 Å². The molecule has 0 spiro atoms. The third-order valence-electron chi connectivity index (χ3n) is 6.73. The van der Waals surface area contributed by atoms with Crippen molar-refractivity contribution in [1.82, 2.24) is 10.2 Å². The predicted molar refractivity (Wildman–Crippen MR) is 162 cm³/mol. The third-order valence-corrected chi connectivity index (χ3v) is 7.02. The molecule has 1 saturated heterocycles. The fourth-order valence-electron chi connectivity index (χ4n) is 4.59. The topological polar surface area (TPSA) is 85.3 Å². The molecule has 39 heavy (non-hydrogen) atoms. The van der Waals surface area contributed by atoms with Gasteiger partial charge in [-0.2, -0.15) is 0 Å². The van der Waals surface area contributed by atoms with Crippen LogP contribution in [0.3, 0.4) is 0 Å². The average molecular weight is 597 g/mol. The molecule has 2 atom stereocenters. The van der Waals surface area contributed by atoms with Crippen molar-refractivity contribution in [2.75, 3.05) is 31.1 Å². The minimum Gasteiger partial charge on any atom is -0.508 e. The summed E-state index contributed by atoms with van der Waals surface area (Å²) in [6.07, 6.45) is 0. The Morgan fingerprint density at radius 2 is 1.77 bits per heavy atom. The predicted octanol–water partition coefficient (Wildman–Crippen LogP) is 6.35. The molecule has 1 fully saturated rings. The van der Waals surface area contributed by atoms with Gasteiger partial charge in [-0.1, -0.05) is 43.6 Å². The molecule has 3 N–H and O–H groups in total. The Labute approximate surface area is 247 Å². The molecule has 0 unspecified atom stereocenters. The van der Waals surface area contributed by atoms with Crippen molar-refractivity contribution in [2.45, 2.75) is 32.9 Å². The number of phenolic OH excluding ortho intramolecular Hbond substituents is 2. The molecule has 0 bridgehead atoms. The fraction of sp³-hybridized carbons (Fsp3) is 0.345. The second-order valence-corrected chi connectivity index (χ2v) is 10.3. The Bertz CT molecular complexity index is 1240. The minimum atomic E-state index is -0.193. The van der Waals surface area contributed by atoms with Crippen molar-refractivity contribution in [3.63, 3.8) is 0 Å². The lowest BCUT2D eigenvalue weighted by atomic mass is 10.0. The number of nitrogens with one attached hydrogen (secondary N) is 1. The standard InChI is InChI=1S/C29H34ClN3O4.2ClH/c1-19(2)25(18-32-13-14-33(20(3)17-32)22-7-6-8-23(34)16-22)31-29(36)21-11-12-27(24(30)15-21)37-28-10-5-4-9-26(28)35;;/h4-12,15-16,19-20,25,34-35H,13-14,17-18H2,1-3H3,(H,31,36);2*1H/t20-,25+;;/m0../s1. The van der Waals surface area contributed by atoms with Gasteiger partial charge < -0.3 is 25.2 Å². The zero-order valence-corrected chi connectivity index (χ0v) is 24.6. The van der Waals surface area contributed by atoms with Crippen LogP contribution >= 0.6 is 36.4 Å². The summed E-state index contributed by atoms with van der Waals surface area (Å²) in [4.78, 5) is 17.8. The first-order valence-corrected chi connectivity index (χ1v) is 12.9. The maximum atomic E-state index is 13.1. The maximum absolute atomic E-state index is 13.1. The zero-order chi connectivity index (χ0) is 26.5. The molecular formula is C29H36Cl3N3O4. The van der Waals surface area contributed by atoms with Crippen LogP contribution in [0.15, 0.2) is 66.7 Å². The van der Waals surface area contributed by atoms with Crippen LogP contribution in [-0.4, -0.2) is 59.3 Å². The van der Waals surface area contributed by atoms with Crippen LogP contribution in [0.25, 0.3) is 0 Å². The number of halogens is 3. The van der Waals surface area contributed by atoms with E-state index in [0.717, 1.165) is 31.9 Å². The largest absolute Gasteiger partial charge is 0.508 e. The van der Waals surface area contributed by atoms with Crippen LogP contribution in [0.2, 0.25) is 5.02 Å².